The number of nitrogens with zero attached hydrogens (tertiary/aromatic N) is 1. The first kappa shape index (κ1) is 12.8. The third-order valence-corrected chi connectivity index (χ3v) is 2.35. The van der Waals surface area contributed by atoms with E-state index in [1.54, 1.807) is 11.9 Å². The largest absolute Gasteiger partial charge is 0.449 e. The Morgan fingerprint density at radius 1 is 1.38 bits per heavy atom. The van der Waals surface area contributed by atoms with Gasteiger partial charge in [-0.3, -0.25) is 0 Å². The van der Waals surface area contributed by atoms with Crippen LogP contribution in [0.25, 0.3) is 0 Å². The normalized spacial score (nSPS) is 9.77. The van der Waals surface area contributed by atoms with Crippen molar-refractivity contribution < 1.29 is 9.53 Å². The highest BCUT2D eigenvalue weighted by Gasteiger charge is 2.05. The molecule has 0 aromatic heterocycles. The van der Waals surface area contributed by atoms with E-state index in [1.807, 2.05) is 6.92 Å². The average Bonchev–Trinajstić information content (AvgIpc) is 2.16. The molecule has 0 aromatic carbocycles. The first-order valence-electron chi connectivity index (χ1n) is 4.66. The SMILES string of the molecule is CCN(C)C(=O)OCCCCCBr. The number of hydrogen-bond acceptors (Lipinski definition) is 2. The standard InChI is InChI=1S/C9H18BrNO2/c1-3-11(2)9(12)13-8-6-4-5-7-10/h3-8H2,1-2H3. The highest BCUT2D eigenvalue weighted by Crippen LogP contribution is 1.99. The van der Waals surface area contributed by atoms with E-state index >= 15 is 0 Å². The first-order valence-corrected chi connectivity index (χ1v) is 5.78. The van der Waals surface area contributed by atoms with Gasteiger partial charge in [-0.1, -0.05) is 15.9 Å². The minimum absolute atomic E-state index is 0.221. The highest BCUT2D eigenvalue weighted by molar-refractivity contribution is 9.09. The summed E-state index contributed by atoms with van der Waals surface area (Å²) in [6.07, 6.45) is 2.98. The van der Waals surface area contributed by atoms with Crippen molar-refractivity contribution in [3.8, 4) is 0 Å². The van der Waals surface area contributed by atoms with Gasteiger partial charge in [-0.15, -0.1) is 0 Å². The van der Waals surface area contributed by atoms with Gasteiger partial charge in [0.15, 0.2) is 0 Å². The molecule has 78 valence electrons. The Labute approximate surface area is 88.6 Å². The van der Waals surface area contributed by atoms with E-state index in [9.17, 15) is 4.79 Å². The molecular weight excluding hydrogens is 234 g/mol. The molecule has 0 unspecified atom stereocenters. The molecule has 0 saturated heterocycles. The quantitative estimate of drug-likeness (QED) is 0.537. The molecule has 0 atom stereocenters. The zero-order valence-electron chi connectivity index (χ0n) is 8.38. The summed E-state index contributed by atoms with van der Waals surface area (Å²) in [5.41, 5.74) is 0. The second kappa shape index (κ2) is 8.35. The van der Waals surface area contributed by atoms with Gasteiger partial charge in [-0.05, 0) is 26.2 Å². The Balaban J connectivity index is 3.27. The number of ether oxygens (including phenoxy) is 1. The van der Waals surface area contributed by atoms with Crippen LogP contribution in [-0.4, -0.2) is 36.5 Å². The smallest absolute Gasteiger partial charge is 0.409 e. The summed E-state index contributed by atoms with van der Waals surface area (Å²) in [6, 6.07) is 0. The van der Waals surface area contributed by atoms with E-state index in [2.05, 4.69) is 15.9 Å². The van der Waals surface area contributed by atoms with Gasteiger partial charge >= 0.3 is 6.09 Å². The molecule has 0 bridgehead atoms. The second-order valence-corrected chi connectivity index (χ2v) is 3.67. The monoisotopic (exact) mass is 251 g/mol. The zero-order valence-corrected chi connectivity index (χ0v) is 9.97. The number of carbonyl (C=O) groups excluding carboxylic acids is 1. The topological polar surface area (TPSA) is 29.5 Å². The minimum Gasteiger partial charge on any atom is -0.449 e. The van der Waals surface area contributed by atoms with Crippen LogP contribution in [0, 0.1) is 0 Å². The average molecular weight is 252 g/mol. The molecule has 0 spiro atoms. The number of rotatable bonds is 6. The van der Waals surface area contributed by atoms with Gasteiger partial charge in [0, 0.05) is 18.9 Å². The lowest BCUT2D eigenvalue weighted by molar-refractivity contribution is 0.111. The molecule has 3 nitrogen and oxygen atoms in total. The summed E-state index contributed by atoms with van der Waals surface area (Å²) in [6.45, 7) is 3.16. The number of unbranched alkanes of at least 4 members (excludes halogenated alkanes) is 2. The summed E-state index contributed by atoms with van der Waals surface area (Å²) in [7, 11) is 1.74. The Kier molecular flexibility index (Phi) is 8.19. The minimum atomic E-state index is -0.221. The fourth-order valence-corrected chi connectivity index (χ4v) is 1.17. The van der Waals surface area contributed by atoms with Crippen molar-refractivity contribution in [1.29, 1.82) is 0 Å². The van der Waals surface area contributed by atoms with Gasteiger partial charge in [0.25, 0.3) is 0 Å². The fraction of sp³-hybridized carbons (Fsp3) is 0.889. The van der Waals surface area contributed by atoms with Crippen LogP contribution in [0.1, 0.15) is 26.2 Å². The summed E-state index contributed by atoms with van der Waals surface area (Å²) in [4.78, 5) is 12.7. The van der Waals surface area contributed by atoms with Crippen LogP contribution in [-0.2, 0) is 4.74 Å². The van der Waals surface area contributed by atoms with Crippen molar-refractivity contribution in [2.24, 2.45) is 0 Å². The maximum atomic E-state index is 11.1. The van der Waals surface area contributed by atoms with E-state index in [1.165, 1.54) is 0 Å². The first-order chi connectivity index (χ1) is 6.22. The van der Waals surface area contributed by atoms with Crippen LogP contribution in [0.3, 0.4) is 0 Å². The number of halogens is 1. The van der Waals surface area contributed by atoms with Crippen molar-refractivity contribution in [3.63, 3.8) is 0 Å². The van der Waals surface area contributed by atoms with Crippen molar-refractivity contribution in [3.05, 3.63) is 0 Å². The molecule has 4 heteroatoms. The number of alkyl halides is 1. The van der Waals surface area contributed by atoms with E-state index in [-0.39, 0.29) is 6.09 Å². The highest BCUT2D eigenvalue weighted by atomic mass is 79.9. The maximum Gasteiger partial charge on any atom is 0.409 e. The van der Waals surface area contributed by atoms with Gasteiger partial charge in [0.05, 0.1) is 6.61 Å². The van der Waals surface area contributed by atoms with Crippen LogP contribution in [0.2, 0.25) is 0 Å². The Bertz CT molecular complexity index is 142. The van der Waals surface area contributed by atoms with Crippen LogP contribution < -0.4 is 0 Å². The summed E-state index contributed by atoms with van der Waals surface area (Å²) < 4.78 is 5.01. The van der Waals surface area contributed by atoms with Crippen molar-refractivity contribution in [2.75, 3.05) is 25.5 Å². The molecule has 0 fully saturated rings. The second-order valence-electron chi connectivity index (χ2n) is 2.88. The Morgan fingerprint density at radius 2 is 2.08 bits per heavy atom. The maximum absolute atomic E-state index is 11.1. The zero-order chi connectivity index (χ0) is 10.1. The van der Waals surface area contributed by atoms with Crippen LogP contribution in [0.4, 0.5) is 4.79 Å². The van der Waals surface area contributed by atoms with Gasteiger partial charge in [0.2, 0.25) is 0 Å². The van der Waals surface area contributed by atoms with E-state index in [0.29, 0.717) is 13.2 Å². The van der Waals surface area contributed by atoms with Crippen LogP contribution >= 0.6 is 15.9 Å². The van der Waals surface area contributed by atoms with E-state index in [0.717, 1.165) is 24.6 Å². The predicted molar refractivity (Wildman–Crippen MR) is 57.3 cm³/mol. The molecule has 0 aliphatic rings. The van der Waals surface area contributed by atoms with Gasteiger partial charge in [-0.2, -0.15) is 0 Å². The molecule has 13 heavy (non-hydrogen) atoms. The van der Waals surface area contributed by atoms with Crippen molar-refractivity contribution in [2.45, 2.75) is 26.2 Å². The third-order valence-electron chi connectivity index (χ3n) is 1.79. The lowest BCUT2D eigenvalue weighted by Crippen LogP contribution is -2.27. The molecule has 0 rings (SSSR count). The van der Waals surface area contributed by atoms with E-state index in [4.69, 9.17) is 4.74 Å². The molecule has 0 aromatic rings. The summed E-state index contributed by atoms with van der Waals surface area (Å²) in [5.74, 6) is 0. The number of hydrogen-bond donors (Lipinski definition) is 0. The van der Waals surface area contributed by atoms with Crippen LogP contribution in [0.5, 0.6) is 0 Å². The molecular formula is C9H18BrNO2. The summed E-state index contributed by atoms with van der Waals surface area (Å²) >= 11 is 3.35. The van der Waals surface area contributed by atoms with Gasteiger partial charge in [0.1, 0.15) is 0 Å². The number of amides is 1. The molecule has 0 radical (unpaired) electrons. The van der Waals surface area contributed by atoms with Gasteiger partial charge in [-0.25, -0.2) is 4.79 Å². The van der Waals surface area contributed by atoms with Crippen molar-refractivity contribution >= 4 is 22.0 Å². The lowest BCUT2D eigenvalue weighted by atomic mass is 10.3. The molecule has 0 aliphatic heterocycles. The third kappa shape index (κ3) is 6.87. The molecule has 0 N–H and O–H groups in total. The summed E-state index contributed by atoms with van der Waals surface area (Å²) in [5, 5.41) is 1.02. The Hall–Kier alpha value is -0.250. The molecule has 0 aliphatic carbocycles. The van der Waals surface area contributed by atoms with Crippen molar-refractivity contribution in [1.82, 2.24) is 4.90 Å². The van der Waals surface area contributed by atoms with Crippen LogP contribution in [0.15, 0.2) is 0 Å². The molecule has 0 saturated carbocycles. The molecule has 1 amide bonds. The predicted octanol–water partition coefficient (Wildman–Crippen LogP) is 2.64. The molecule has 0 heterocycles. The fourth-order valence-electron chi connectivity index (χ4n) is 0.772. The van der Waals surface area contributed by atoms with Gasteiger partial charge < -0.3 is 9.64 Å². The van der Waals surface area contributed by atoms with E-state index < -0.39 is 0 Å². The number of carbonyl (C=O) groups is 1. The lowest BCUT2D eigenvalue weighted by Gasteiger charge is -2.13. The Morgan fingerprint density at radius 3 is 2.62 bits per heavy atom.